The maximum absolute atomic E-state index is 12.8. The lowest BCUT2D eigenvalue weighted by Gasteiger charge is -2.09. The molecule has 1 aliphatic rings. The van der Waals surface area contributed by atoms with E-state index in [2.05, 4.69) is 0 Å². The fraction of sp³-hybridized carbons (Fsp3) is 0.857. The summed E-state index contributed by atoms with van der Waals surface area (Å²) in [5, 5.41) is -1.83. The van der Waals surface area contributed by atoms with Crippen LogP contribution >= 0.6 is 11.6 Å². The van der Waals surface area contributed by atoms with Crippen LogP contribution in [0.4, 0.5) is 4.39 Å². The molecule has 2 atom stereocenters. The van der Waals surface area contributed by atoms with Crippen LogP contribution in [0.15, 0.2) is 0 Å². The molecule has 1 fully saturated rings. The van der Waals surface area contributed by atoms with E-state index in [4.69, 9.17) is 11.6 Å². The molecule has 1 heterocycles. The maximum atomic E-state index is 12.8. The van der Waals surface area contributed by atoms with Crippen LogP contribution in [0.5, 0.6) is 0 Å². The molecule has 2 unspecified atom stereocenters. The Morgan fingerprint density at radius 2 is 2.23 bits per heavy atom. The summed E-state index contributed by atoms with van der Waals surface area (Å²) in [5.41, 5.74) is 0. The van der Waals surface area contributed by atoms with Gasteiger partial charge in [-0.05, 0) is 24.4 Å². The van der Waals surface area contributed by atoms with Gasteiger partial charge in [0.1, 0.15) is 0 Å². The molecule has 0 N–H and O–H groups in total. The van der Waals surface area contributed by atoms with Crippen LogP contribution in [0.2, 0.25) is 0 Å². The Bertz CT molecular complexity index is 301. The van der Waals surface area contributed by atoms with Gasteiger partial charge in [-0.15, -0.1) is 0 Å². The second-order valence-corrected chi connectivity index (χ2v) is 5.91. The summed E-state index contributed by atoms with van der Waals surface area (Å²) >= 11 is 4.89. The first-order valence-electron chi connectivity index (χ1n) is 3.98. The Morgan fingerprint density at radius 3 is 2.62 bits per heavy atom. The van der Waals surface area contributed by atoms with Crippen molar-refractivity contribution in [1.82, 2.24) is 0 Å². The quantitative estimate of drug-likeness (QED) is 0.679. The topological polar surface area (TPSA) is 51.2 Å². The second kappa shape index (κ2) is 3.92. The summed E-state index contributed by atoms with van der Waals surface area (Å²) in [5.74, 6) is 0.0981. The second-order valence-electron chi connectivity index (χ2n) is 3.14. The lowest BCUT2D eigenvalue weighted by atomic mass is 10.1. The molecule has 0 aromatic heterocycles. The monoisotopic (exact) mass is 228 g/mol. The van der Waals surface area contributed by atoms with Crippen LogP contribution in [0, 0.1) is 0 Å². The standard InChI is InChI=1S/C7H10ClFO3S/c8-7(10)6(9)4-5-2-1-3-13(5,11)12/h5-6H,1-4H2. The summed E-state index contributed by atoms with van der Waals surface area (Å²) in [6, 6.07) is 0. The summed E-state index contributed by atoms with van der Waals surface area (Å²) < 4.78 is 35.2. The van der Waals surface area contributed by atoms with Gasteiger partial charge in [-0.25, -0.2) is 12.8 Å². The molecular weight excluding hydrogens is 219 g/mol. The number of rotatable bonds is 3. The fourth-order valence-corrected chi connectivity index (χ4v) is 3.43. The largest absolute Gasteiger partial charge is 0.278 e. The van der Waals surface area contributed by atoms with Gasteiger partial charge in [0, 0.05) is 6.42 Å². The van der Waals surface area contributed by atoms with Crippen molar-refractivity contribution >= 4 is 26.7 Å². The Hall–Kier alpha value is -0.160. The molecule has 0 saturated carbocycles. The van der Waals surface area contributed by atoms with E-state index < -0.39 is 26.5 Å². The molecule has 76 valence electrons. The summed E-state index contributed by atoms with van der Waals surface area (Å²) in [4.78, 5) is 10.3. The molecule has 0 aromatic carbocycles. The number of hydrogen-bond donors (Lipinski definition) is 0. The molecule has 0 aliphatic carbocycles. The first-order chi connectivity index (χ1) is 5.93. The SMILES string of the molecule is O=C(Cl)C(F)CC1CCCS1(=O)=O. The molecule has 0 aromatic rings. The van der Waals surface area contributed by atoms with Crippen molar-refractivity contribution in [3.63, 3.8) is 0 Å². The highest BCUT2D eigenvalue weighted by atomic mass is 35.5. The third-order valence-corrected chi connectivity index (χ3v) is 4.72. The highest BCUT2D eigenvalue weighted by Gasteiger charge is 2.34. The zero-order valence-electron chi connectivity index (χ0n) is 6.87. The Morgan fingerprint density at radius 1 is 1.62 bits per heavy atom. The van der Waals surface area contributed by atoms with Crippen molar-refractivity contribution in [2.45, 2.75) is 30.7 Å². The first kappa shape index (κ1) is 10.9. The highest BCUT2D eigenvalue weighted by Crippen LogP contribution is 2.25. The summed E-state index contributed by atoms with van der Waals surface area (Å²) in [6.45, 7) is 0. The van der Waals surface area contributed by atoms with Crippen LogP contribution in [-0.2, 0) is 14.6 Å². The summed E-state index contributed by atoms with van der Waals surface area (Å²) in [6.07, 6.45) is -1.15. The smallest absolute Gasteiger partial charge is 0.255 e. The van der Waals surface area contributed by atoms with Gasteiger partial charge in [0.15, 0.2) is 16.0 Å². The lowest BCUT2D eigenvalue weighted by Crippen LogP contribution is -2.23. The first-order valence-corrected chi connectivity index (χ1v) is 6.08. The molecule has 6 heteroatoms. The van der Waals surface area contributed by atoms with Crippen LogP contribution < -0.4 is 0 Å². The number of halogens is 2. The Balaban J connectivity index is 2.60. The minimum Gasteiger partial charge on any atom is -0.278 e. The third kappa shape index (κ3) is 2.64. The summed E-state index contributed by atoms with van der Waals surface area (Å²) in [7, 11) is -3.17. The van der Waals surface area contributed by atoms with Crippen molar-refractivity contribution in [2.75, 3.05) is 5.75 Å². The molecule has 13 heavy (non-hydrogen) atoms. The van der Waals surface area contributed by atoms with Gasteiger partial charge >= 0.3 is 0 Å². The molecule has 0 bridgehead atoms. The minimum absolute atomic E-state index is 0.0981. The number of alkyl halides is 1. The van der Waals surface area contributed by atoms with Crippen molar-refractivity contribution in [3.8, 4) is 0 Å². The number of hydrogen-bond acceptors (Lipinski definition) is 3. The minimum atomic E-state index is -3.17. The van der Waals surface area contributed by atoms with Gasteiger partial charge in [0.05, 0.1) is 11.0 Å². The van der Waals surface area contributed by atoms with E-state index >= 15 is 0 Å². The van der Waals surface area contributed by atoms with Crippen LogP contribution in [-0.4, -0.2) is 30.8 Å². The molecule has 3 nitrogen and oxygen atoms in total. The molecule has 0 spiro atoms. The molecule has 1 rings (SSSR count). The normalized spacial score (nSPS) is 28.6. The van der Waals surface area contributed by atoms with Gasteiger partial charge in [0.2, 0.25) is 0 Å². The molecule has 1 aliphatic heterocycles. The Kier molecular flexibility index (Phi) is 3.29. The maximum Gasteiger partial charge on any atom is 0.255 e. The lowest BCUT2D eigenvalue weighted by molar-refractivity contribution is -0.116. The average Bonchev–Trinajstić information content (AvgIpc) is 2.30. The van der Waals surface area contributed by atoms with Crippen LogP contribution in [0.1, 0.15) is 19.3 Å². The zero-order chi connectivity index (χ0) is 10.1. The molecular formula is C7H10ClFO3S. The Labute approximate surface area is 81.2 Å². The number of carbonyl (C=O) groups excluding carboxylic acids is 1. The van der Waals surface area contributed by atoms with Crippen molar-refractivity contribution in [1.29, 1.82) is 0 Å². The van der Waals surface area contributed by atoms with Gasteiger partial charge in [0.25, 0.3) is 5.24 Å². The number of carbonyl (C=O) groups is 1. The van der Waals surface area contributed by atoms with E-state index in [0.29, 0.717) is 12.8 Å². The molecule has 0 radical (unpaired) electrons. The predicted octanol–water partition coefficient (Wildman–Crippen LogP) is 1.06. The average molecular weight is 229 g/mol. The van der Waals surface area contributed by atoms with Crippen molar-refractivity contribution in [3.05, 3.63) is 0 Å². The zero-order valence-corrected chi connectivity index (χ0v) is 8.44. The van der Waals surface area contributed by atoms with Crippen molar-refractivity contribution in [2.24, 2.45) is 0 Å². The van der Waals surface area contributed by atoms with E-state index in [1.807, 2.05) is 0 Å². The van der Waals surface area contributed by atoms with Gasteiger partial charge in [-0.2, -0.15) is 0 Å². The van der Waals surface area contributed by atoms with Crippen molar-refractivity contribution < 1.29 is 17.6 Å². The highest BCUT2D eigenvalue weighted by molar-refractivity contribution is 7.92. The van der Waals surface area contributed by atoms with Crippen LogP contribution in [0.3, 0.4) is 0 Å². The van der Waals surface area contributed by atoms with Crippen LogP contribution in [0.25, 0.3) is 0 Å². The third-order valence-electron chi connectivity index (χ3n) is 2.18. The number of sulfone groups is 1. The van der Waals surface area contributed by atoms with E-state index in [-0.39, 0.29) is 12.2 Å². The predicted molar refractivity (Wildman–Crippen MR) is 47.2 cm³/mol. The van der Waals surface area contributed by atoms with E-state index in [1.165, 1.54) is 0 Å². The van der Waals surface area contributed by atoms with Gasteiger partial charge in [-0.3, -0.25) is 4.79 Å². The van der Waals surface area contributed by atoms with Gasteiger partial charge in [-0.1, -0.05) is 0 Å². The molecule has 1 saturated heterocycles. The van der Waals surface area contributed by atoms with Gasteiger partial charge < -0.3 is 0 Å². The van der Waals surface area contributed by atoms with E-state index in [0.717, 1.165) is 0 Å². The fourth-order valence-electron chi connectivity index (χ4n) is 1.45. The van der Waals surface area contributed by atoms with E-state index in [9.17, 15) is 17.6 Å². The molecule has 0 amide bonds. The van der Waals surface area contributed by atoms with E-state index in [1.54, 1.807) is 0 Å².